The number of nitrogens with two attached hydrogens (primary N) is 2. The molecular weight excluding hydrogens is 773 g/mol. The summed E-state index contributed by atoms with van der Waals surface area (Å²) in [5.74, 6) is 26.8. The quantitative estimate of drug-likeness (QED) is 0.0662. The molecule has 306 valence electrons. The number of aryl methyl sites for hydroxylation is 8. The lowest BCUT2D eigenvalue weighted by atomic mass is 10.1. The Bertz CT molecular complexity index is 2580. The van der Waals surface area contributed by atoms with E-state index in [1.807, 2.05) is 64.1 Å². The number of nitrogen functional groups attached to an aromatic ring is 2. The van der Waals surface area contributed by atoms with Gasteiger partial charge in [0.15, 0.2) is 22.1 Å². The second kappa shape index (κ2) is 19.2. The van der Waals surface area contributed by atoms with E-state index in [1.165, 1.54) is 0 Å². The third-order valence-electron chi connectivity index (χ3n) is 9.66. The van der Waals surface area contributed by atoms with Crippen molar-refractivity contribution in [3.8, 4) is 23.7 Å². The van der Waals surface area contributed by atoms with Crippen molar-refractivity contribution in [2.24, 2.45) is 0 Å². The topological polar surface area (TPSA) is 184 Å². The van der Waals surface area contributed by atoms with Crippen molar-refractivity contribution < 1.29 is 35.1 Å². The Labute approximate surface area is 342 Å². The van der Waals surface area contributed by atoms with Crippen LogP contribution in [-0.4, -0.2) is 35.3 Å². The van der Waals surface area contributed by atoms with E-state index in [-0.39, 0.29) is 9.79 Å². The number of aromatic nitrogens is 4. The molecule has 6 aromatic rings. The van der Waals surface area contributed by atoms with E-state index in [2.05, 4.69) is 44.9 Å². The molecular formula is C44H52N6O6S2. The minimum atomic E-state index is -4.33. The fourth-order valence-electron chi connectivity index (χ4n) is 7.30. The predicted octanol–water partition coefficient (Wildman–Crippen LogP) is 5.51. The summed E-state index contributed by atoms with van der Waals surface area (Å²) in [5.41, 5.74) is 8.42. The number of nitrogens with zero attached hydrogens (tertiary/aromatic N) is 4. The lowest BCUT2D eigenvalue weighted by Gasteiger charge is -2.14. The maximum Gasteiger partial charge on any atom is 0.277 e. The molecule has 2 heterocycles. The molecule has 0 aliphatic rings. The lowest BCUT2D eigenvalue weighted by molar-refractivity contribution is -0.678. The van der Waals surface area contributed by atoms with E-state index < -0.39 is 20.2 Å². The van der Waals surface area contributed by atoms with Crippen LogP contribution in [0.4, 0.5) is 0 Å². The number of unbranched alkanes of at least 4 members (excludes halogenated alkanes) is 2. The van der Waals surface area contributed by atoms with Crippen molar-refractivity contribution in [3.05, 3.63) is 118 Å². The van der Waals surface area contributed by atoms with Crippen molar-refractivity contribution in [3.63, 3.8) is 0 Å². The summed E-state index contributed by atoms with van der Waals surface area (Å²) in [6.45, 7) is 16.1. The van der Waals surface area contributed by atoms with E-state index in [0.717, 1.165) is 83.6 Å². The van der Waals surface area contributed by atoms with Gasteiger partial charge in [-0.3, -0.25) is 11.7 Å². The highest BCUT2D eigenvalue weighted by molar-refractivity contribution is 7.86. The minimum Gasteiger partial charge on any atom is -0.744 e. The summed E-state index contributed by atoms with van der Waals surface area (Å²) in [5, 5.41) is 0. The van der Waals surface area contributed by atoms with E-state index in [1.54, 1.807) is 61.3 Å². The van der Waals surface area contributed by atoms with Crippen LogP contribution in [0, 0.1) is 79.1 Å². The molecule has 0 atom stereocenters. The Morgan fingerprint density at radius 3 is 1.17 bits per heavy atom. The molecule has 0 unspecified atom stereocenters. The van der Waals surface area contributed by atoms with Gasteiger partial charge in [-0.05, 0) is 113 Å². The molecule has 14 heteroatoms. The summed E-state index contributed by atoms with van der Waals surface area (Å²) in [4.78, 5) is -0.170. The largest absolute Gasteiger partial charge is 0.744 e. The Hall–Kier alpha value is -5.64. The average molecular weight is 825 g/mol. The molecule has 0 spiro atoms. The molecule has 0 amide bonds. The Kier molecular flexibility index (Phi) is 14.9. The fraction of sp³-hybridized carbons (Fsp3) is 0.318. The molecule has 0 saturated carbocycles. The number of para-hydroxylation sites is 4. The lowest BCUT2D eigenvalue weighted by Crippen LogP contribution is -2.37. The first-order valence-electron chi connectivity index (χ1n) is 18.8. The van der Waals surface area contributed by atoms with Gasteiger partial charge in [-0.15, -0.1) is 9.35 Å². The molecule has 0 saturated heterocycles. The van der Waals surface area contributed by atoms with Crippen molar-refractivity contribution >= 4 is 42.3 Å². The highest BCUT2D eigenvalue weighted by atomic mass is 32.2. The first kappa shape index (κ1) is 45.1. The van der Waals surface area contributed by atoms with Crippen molar-refractivity contribution in [1.82, 2.24) is 9.35 Å². The predicted molar refractivity (Wildman–Crippen MR) is 225 cm³/mol. The van der Waals surface area contributed by atoms with Crippen LogP contribution in [0.15, 0.2) is 82.6 Å². The van der Waals surface area contributed by atoms with E-state index in [0.29, 0.717) is 22.3 Å². The third-order valence-corrected chi connectivity index (χ3v) is 11.9. The highest BCUT2D eigenvalue weighted by Crippen LogP contribution is 2.22. The van der Waals surface area contributed by atoms with E-state index in [9.17, 15) is 25.9 Å². The van der Waals surface area contributed by atoms with Gasteiger partial charge < -0.3 is 9.11 Å². The van der Waals surface area contributed by atoms with Crippen LogP contribution >= 0.6 is 0 Å². The van der Waals surface area contributed by atoms with Crippen LogP contribution in [0.5, 0.6) is 0 Å². The third kappa shape index (κ3) is 11.1. The first-order valence-corrected chi connectivity index (χ1v) is 21.6. The van der Waals surface area contributed by atoms with E-state index in [4.69, 9.17) is 11.7 Å². The number of benzene rings is 4. The number of fused-ring (bicyclic) bond motifs is 2. The molecule has 0 fully saturated rings. The van der Waals surface area contributed by atoms with Crippen molar-refractivity contribution in [1.29, 1.82) is 0 Å². The summed E-state index contributed by atoms with van der Waals surface area (Å²) in [6.07, 6.45) is 3.56. The van der Waals surface area contributed by atoms with Gasteiger partial charge in [0.1, 0.15) is 20.2 Å². The number of rotatable bonds is 8. The number of imidazole rings is 2. The van der Waals surface area contributed by atoms with Gasteiger partial charge in [-0.25, -0.2) is 26.0 Å². The SMILES string of the molecule is Cc1cc(C)c(S(=O)(=O)[O-])c(C)c1.Cc1cc(C)c(S(=O)(=O)[O-])c(C)c1.Cc1n(N)c2ccccc2[n+]1CCCC#CC#CCCC[n+]1c(C)n(N)c2ccccc21. The van der Waals surface area contributed by atoms with Gasteiger partial charge in [0, 0.05) is 26.7 Å². The molecule has 0 bridgehead atoms. The molecule has 4 N–H and O–H groups in total. The normalized spacial score (nSPS) is 11.1. The molecule has 6 rings (SSSR count). The highest BCUT2D eigenvalue weighted by Gasteiger charge is 2.20. The Morgan fingerprint density at radius 2 is 0.862 bits per heavy atom. The van der Waals surface area contributed by atoms with Gasteiger partial charge in [-0.2, -0.15) is 0 Å². The molecule has 58 heavy (non-hydrogen) atoms. The Balaban J connectivity index is 0.000000235. The van der Waals surface area contributed by atoms with Crippen LogP contribution in [0.1, 0.15) is 70.7 Å². The average Bonchev–Trinajstić information content (AvgIpc) is 3.51. The standard InChI is InChI=1S/C26H30N6.2C9H12O3S/c1-21-29(23-15-9-11-17-25(23)31(21)27)19-13-7-5-3-4-6-8-14-20-30-22(2)32(28)26-18-12-10-16-24(26)30;2*1-6-4-7(2)9(8(3)5-6)13(10,11)12/h9-12,15-18H,7-8,13-14,19-20,27-28H2,1-2H3;2*4-5H,1-3H3,(H,10,11,12)/q+2;;/p-2. The zero-order valence-electron chi connectivity index (χ0n) is 34.4. The maximum atomic E-state index is 10.8. The smallest absolute Gasteiger partial charge is 0.277 e. The molecule has 12 nitrogen and oxygen atoms in total. The monoisotopic (exact) mass is 824 g/mol. The summed E-state index contributed by atoms with van der Waals surface area (Å²) < 4.78 is 73.0. The molecule has 0 aliphatic heterocycles. The molecule has 0 radical (unpaired) electrons. The van der Waals surface area contributed by atoms with Gasteiger partial charge in [0.25, 0.3) is 11.6 Å². The summed E-state index contributed by atoms with van der Waals surface area (Å²) >= 11 is 0. The molecule has 4 aromatic carbocycles. The Morgan fingerprint density at radius 1 is 0.552 bits per heavy atom. The van der Waals surface area contributed by atoms with Crippen LogP contribution in [0.25, 0.3) is 22.1 Å². The van der Waals surface area contributed by atoms with Crippen LogP contribution in [0.2, 0.25) is 0 Å². The van der Waals surface area contributed by atoms with Gasteiger partial charge >= 0.3 is 0 Å². The maximum absolute atomic E-state index is 10.8. The van der Waals surface area contributed by atoms with Crippen molar-refractivity contribution in [2.75, 3.05) is 11.7 Å². The van der Waals surface area contributed by atoms with Gasteiger partial charge in [-0.1, -0.05) is 71.5 Å². The second-order valence-electron chi connectivity index (χ2n) is 14.3. The van der Waals surface area contributed by atoms with Crippen LogP contribution in [0.3, 0.4) is 0 Å². The van der Waals surface area contributed by atoms with Gasteiger partial charge in [0.05, 0.1) is 22.9 Å². The van der Waals surface area contributed by atoms with Crippen LogP contribution in [-0.2, 0) is 33.3 Å². The summed E-state index contributed by atoms with van der Waals surface area (Å²) in [6, 6.07) is 23.2. The van der Waals surface area contributed by atoms with Crippen LogP contribution < -0.4 is 20.8 Å². The first-order chi connectivity index (χ1) is 27.2. The number of hydrogen-bond acceptors (Lipinski definition) is 8. The van der Waals surface area contributed by atoms with Crippen molar-refractivity contribution in [2.45, 2.75) is 104 Å². The fourth-order valence-corrected chi connectivity index (χ4v) is 9.11. The van der Waals surface area contributed by atoms with Gasteiger partial charge in [0.2, 0.25) is 0 Å². The zero-order valence-corrected chi connectivity index (χ0v) is 36.0. The number of hydrogen-bond donors (Lipinski definition) is 2. The molecule has 0 aliphatic carbocycles. The second-order valence-corrected chi connectivity index (χ2v) is 16.9. The summed E-state index contributed by atoms with van der Waals surface area (Å²) in [7, 11) is -8.66. The zero-order chi connectivity index (χ0) is 42.9. The van der Waals surface area contributed by atoms with E-state index >= 15 is 0 Å². The minimum absolute atomic E-state index is 0.0851. The molecule has 2 aromatic heterocycles.